The molecule has 1 saturated heterocycles. The van der Waals surface area contributed by atoms with E-state index in [-0.39, 0.29) is 33.9 Å². The van der Waals surface area contributed by atoms with Crippen LogP contribution in [0.4, 0.5) is 5.69 Å². The maximum Gasteiger partial charge on any atom is 0.256 e. The first-order valence-corrected chi connectivity index (χ1v) is 12.0. The Morgan fingerprint density at radius 3 is 2.43 bits per heavy atom. The number of ether oxygens (including phenoxy) is 1. The van der Waals surface area contributed by atoms with Gasteiger partial charge in [0.25, 0.3) is 11.9 Å². The topological polar surface area (TPSA) is 84.7 Å². The van der Waals surface area contributed by atoms with Gasteiger partial charge in [-0.25, -0.2) is 0 Å². The van der Waals surface area contributed by atoms with Crippen molar-refractivity contribution in [2.75, 3.05) is 18.9 Å². The van der Waals surface area contributed by atoms with E-state index in [2.05, 4.69) is 5.32 Å². The van der Waals surface area contributed by atoms with Gasteiger partial charge in [0, 0.05) is 33.3 Å². The Bertz CT molecular complexity index is 1330. The van der Waals surface area contributed by atoms with E-state index >= 15 is 0 Å². The van der Waals surface area contributed by atoms with Crippen LogP contribution in [0.3, 0.4) is 0 Å². The normalized spacial score (nSPS) is 23.4. The van der Waals surface area contributed by atoms with Gasteiger partial charge in [-0.15, -0.1) is 0 Å². The Labute approximate surface area is 216 Å². The molecule has 0 aliphatic carbocycles. The molecule has 0 saturated carbocycles. The molecule has 0 radical (unpaired) electrons. The summed E-state index contributed by atoms with van der Waals surface area (Å²) in [4.78, 5) is 27.1. The summed E-state index contributed by atoms with van der Waals surface area (Å²) in [5.41, 5.74) is 1.06. The number of likely N-dealkylation sites (tertiary alicyclic amines) is 1. The standard InChI is InChI=1S/C25H20Cl3N3O4/c1-30-12-16(23(31(33)34)25(30)17-7-3-5-9-21(17)29-24(25)32)15-10-19(27)22(20(28)11-15)35-13-14-6-2-4-8-18(14)26/h2-11,16,23H,12-13H2,1H3,(H,29,32)/t16-,23+,25-/m1/s1. The fraction of sp³-hybridized carbons (Fsp3) is 0.240. The number of nitro groups is 1. The van der Waals surface area contributed by atoms with Crippen molar-refractivity contribution in [2.45, 2.75) is 24.1 Å². The molecule has 1 fully saturated rings. The summed E-state index contributed by atoms with van der Waals surface area (Å²) in [5.74, 6) is -0.790. The Hall–Kier alpha value is -2.84. The molecule has 180 valence electrons. The monoisotopic (exact) mass is 531 g/mol. The number of halogens is 3. The molecule has 35 heavy (non-hydrogen) atoms. The number of fused-ring (bicyclic) bond motifs is 2. The lowest BCUT2D eigenvalue weighted by Crippen LogP contribution is -2.54. The number of hydrogen-bond donors (Lipinski definition) is 1. The van der Waals surface area contributed by atoms with E-state index in [9.17, 15) is 14.9 Å². The summed E-state index contributed by atoms with van der Waals surface area (Å²) in [6.07, 6.45) is 0. The van der Waals surface area contributed by atoms with Gasteiger partial charge >= 0.3 is 0 Å². The highest BCUT2D eigenvalue weighted by atomic mass is 35.5. The molecule has 5 rings (SSSR count). The van der Waals surface area contributed by atoms with E-state index < -0.39 is 23.4 Å². The molecule has 0 unspecified atom stereocenters. The molecule has 7 nitrogen and oxygen atoms in total. The summed E-state index contributed by atoms with van der Waals surface area (Å²) in [7, 11) is 1.72. The van der Waals surface area contributed by atoms with Crippen LogP contribution in [0.2, 0.25) is 15.1 Å². The van der Waals surface area contributed by atoms with Crippen LogP contribution in [0.25, 0.3) is 0 Å². The minimum Gasteiger partial charge on any atom is -0.486 e. The SMILES string of the molecule is CN1C[C@H](c2cc(Cl)c(OCc3ccccc3Cl)c(Cl)c2)[C@H]([N+](=O)[O-])[C@]12C(=O)Nc1ccccc12. The minimum atomic E-state index is -1.44. The van der Waals surface area contributed by atoms with Crippen LogP contribution in [0.15, 0.2) is 60.7 Å². The molecule has 1 spiro atoms. The third-order valence-electron chi connectivity index (χ3n) is 6.82. The number of hydrogen-bond acceptors (Lipinski definition) is 5. The fourth-order valence-electron chi connectivity index (χ4n) is 5.28. The van der Waals surface area contributed by atoms with Crippen molar-refractivity contribution < 1.29 is 14.5 Å². The molecule has 3 aromatic rings. The number of likely N-dealkylation sites (N-methyl/N-ethyl adjacent to an activating group) is 1. The van der Waals surface area contributed by atoms with Crippen LogP contribution in [0.5, 0.6) is 5.75 Å². The number of anilines is 1. The summed E-state index contributed by atoms with van der Waals surface area (Å²) in [6.45, 7) is 0.419. The third kappa shape index (κ3) is 3.74. The van der Waals surface area contributed by atoms with Gasteiger partial charge in [0.1, 0.15) is 6.61 Å². The zero-order chi connectivity index (χ0) is 24.9. The van der Waals surface area contributed by atoms with Gasteiger partial charge < -0.3 is 10.1 Å². The lowest BCUT2D eigenvalue weighted by Gasteiger charge is -2.30. The second-order valence-electron chi connectivity index (χ2n) is 8.68. The predicted molar refractivity (Wildman–Crippen MR) is 135 cm³/mol. The van der Waals surface area contributed by atoms with E-state index in [1.54, 1.807) is 54.4 Å². The van der Waals surface area contributed by atoms with Crippen LogP contribution < -0.4 is 10.1 Å². The quantitative estimate of drug-likeness (QED) is 0.334. The molecular formula is C25H20Cl3N3O4. The predicted octanol–water partition coefficient (Wildman–Crippen LogP) is 5.75. The average molecular weight is 533 g/mol. The molecule has 0 bridgehead atoms. The van der Waals surface area contributed by atoms with Gasteiger partial charge in [0.15, 0.2) is 11.3 Å². The van der Waals surface area contributed by atoms with Crippen molar-refractivity contribution in [1.29, 1.82) is 0 Å². The average Bonchev–Trinajstić information content (AvgIpc) is 3.29. The molecule has 2 aliphatic rings. The maximum atomic E-state index is 13.3. The summed E-state index contributed by atoms with van der Waals surface area (Å²) >= 11 is 19.3. The van der Waals surface area contributed by atoms with Crippen LogP contribution in [0, 0.1) is 10.1 Å². The lowest BCUT2D eigenvalue weighted by molar-refractivity contribution is -0.534. The molecule has 10 heteroatoms. The summed E-state index contributed by atoms with van der Waals surface area (Å²) < 4.78 is 5.85. The number of carbonyl (C=O) groups is 1. The second-order valence-corrected chi connectivity index (χ2v) is 9.90. The molecular weight excluding hydrogens is 513 g/mol. The molecule has 0 aromatic heterocycles. The number of para-hydroxylation sites is 1. The van der Waals surface area contributed by atoms with Gasteiger partial charge in [0.2, 0.25) is 0 Å². The van der Waals surface area contributed by atoms with Gasteiger partial charge in [-0.1, -0.05) is 71.2 Å². The maximum absolute atomic E-state index is 13.3. The Morgan fingerprint density at radius 2 is 1.74 bits per heavy atom. The molecule has 2 aliphatic heterocycles. The summed E-state index contributed by atoms with van der Waals surface area (Å²) in [6, 6.07) is 16.3. The number of benzene rings is 3. The zero-order valence-electron chi connectivity index (χ0n) is 18.5. The smallest absolute Gasteiger partial charge is 0.256 e. The van der Waals surface area contributed by atoms with Crippen molar-refractivity contribution in [3.8, 4) is 5.75 Å². The molecule has 2 heterocycles. The van der Waals surface area contributed by atoms with Crippen LogP contribution in [0.1, 0.15) is 22.6 Å². The first kappa shape index (κ1) is 23.9. The van der Waals surface area contributed by atoms with Crippen LogP contribution >= 0.6 is 34.8 Å². The second kappa shape index (κ2) is 8.99. The third-order valence-corrected chi connectivity index (χ3v) is 7.75. The van der Waals surface area contributed by atoms with Crippen molar-refractivity contribution >= 4 is 46.4 Å². The van der Waals surface area contributed by atoms with Crippen LogP contribution in [-0.2, 0) is 16.9 Å². The van der Waals surface area contributed by atoms with Gasteiger partial charge in [-0.3, -0.25) is 19.8 Å². The number of rotatable bonds is 5. The summed E-state index contributed by atoms with van der Waals surface area (Å²) in [5, 5.41) is 16.3. The Kier molecular flexibility index (Phi) is 6.13. The molecule has 3 atom stereocenters. The highest BCUT2D eigenvalue weighted by Crippen LogP contribution is 2.52. The van der Waals surface area contributed by atoms with Crippen molar-refractivity contribution in [2.24, 2.45) is 0 Å². The van der Waals surface area contributed by atoms with E-state index in [1.807, 2.05) is 18.2 Å². The van der Waals surface area contributed by atoms with Crippen molar-refractivity contribution in [3.63, 3.8) is 0 Å². The highest BCUT2D eigenvalue weighted by Gasteiger charge is 2.68. The van der Waals surface area contributed by atoms with E-state index in [0.29, 0.717) is 21.8 Å². The molecule has 3 aromatic carbocycles. The van der Waals surface area contributed by atoms with E-state index in [1.165, 1.54) is 0 Å². The first-order chi connectivity index (χ1) is 16.7. The Morgan fingerprint density at radius 1 is 1.09 bits per heavy atom. The zero-order valence-corrected chi connectivity index (χ0v) is 20.8. The Balaban J connectivity index is 1.51. The number of nitrogens with one attached hydrogen (secondary N) is 1. The molecule has 1 N–H and O–H groups in total. The molecule has 1 amide bonds. The lowest BCUT2D eigenvalue weighted by atomic mass is 9.79. The largest absolute Gasteiger partial charge is 0.486 e. The van der Waals surface area contributed by atoms with E-state index in [0.717, 1.165) is 5.56 Å². The van der Waals surface area contributed by atoms with Gasteiger partial charge in [0.05, 0.1) is 16.0 Å². The fourth-order valence-corrected chi connectivity index (χ4v) is 6.08. The number of nitrogens with zero attached hydrogens (tertiary/aromatic N) is 2. The number of carbonyl (C=O) groups excluding carboxylic acids is 1. The number of amides is 1. The minimum absolute atomic E-state index is 0.155. The van der Waals surface area contributed by atoms with E-state index in [4.69, 9.17) is 39.5 Å². The van der Waals surface area contributed by atoms with Crippen LogP contribution in [-0.4, -0.2) is 35.4 Å². The first-order valence-electron chi connectivity index (χ1n) is 10.9. The van der Waals surface area contributed by atoms with Crippen molar-refractivity contribution in [1.82, 2.24) is 4.90 Å². The highest BCUT2D eigenvalue weighted by molar-refractivity contribution is 6.37. The van der Waals surface area contributed by atoms with Crippen molar-refractivity contribution in [3.05, 3.63) is 103 Å². The van der Waals surface area contributed by atoms with Gasteiger partial charge in [-0.05, 0) is 36.9 Å². The van der Waals surface area contributed by atoms with Gasteiger partial charge in [-0.2, -0.15) is 0 Å².